The largest absolute Gasteiger partial charge is 0.484 e. The van der Waals surface area contributed by atoms with Gasteiger partial charge in [-0.2, -0.15) is 5.10 Å². The lowest BCUT2D eigenvalue weighted by Crippen LogP contribution is -2.40. The second-order valence-corrected chi connectivity index (χ2v) is 6.50. The van der Waals surface area contributed by atoms with Crippen LogP contribution in [0.15, 0.2) is 42.7 Å². The van der Waals surface area contributed by atoms with Crippen LogP contribution in [0.1, 0.15) is 25.7 Å². The molecular weight excluding hydrogens is 290 g/mol. The Balaban J connectivity index is 1.33. The Kier molecular flexibility index (Phi) is 3.77. The first-order chi connectivity index (χ1) is 11.3. The maximum atomic E-state index is 12.2. The highest BCUT2D eigenvalue weighted by atomic mass is 16.5. The Labute approximate surface area is 135 Å². The Morgan fingerprint density at radius 2 is 2.04 bits per heavy atom. The van der Waals surface area contributed by atoms with E-state index in [-0.39, 0.29) is 12.5 Å². The van der Waals surface area contributed by atoms with E-state index in [9.17, 15) is 4.79 Å². The topological polar surface area (TPSA) is 56.2 Å². The lowest BCUT2D eigenvalue weighted by molar-refractivity contribution is -0.124. The van der Waals surface area contributed by atoms with Crippen molar-refractivity contribution in [2.45, 2.75) is 31.7 Å². The summed E-state index contributed by atoms with van der Waals surface area (Å²) in [7, 11) is 0. The van der Waals surface area contributed by atoms with Crippen molar-refractivity contribution < 1.29 is 9.53 Å². The van der Waals surface area contributed by atoms with Gasteiger partial charge in [0.15, 0.2) is 6.61 Å². The number of rotatable bonds is 7. The van der Waals surface area contributed by atoms with E-state index in [4.69, 9.17) is 4.74 Å². The summed E-state index contributed by atoms with van der Waals surface area (Å²) < 4.78 is 7.42. The summed E-state index contributed by atoms with van der Waals surface area (Å²) in [6.45, 7) is 0.0680. The Bertz CT molecular complexity index is 663. The van der Waals surface area contributed by atoms with Gasteiger partial charge in [0.2, 0.25) is 0 Å². The second-order valence-electron chi connectivity index (χ2n) is 6.50. The summed E-state index contributed by atoms with van der Waals surface area (Å²) in [4.78, 5) is 12.2. The van der Waals surface area contributed by atoms with Crippen LogP contribution in [0, 0.1) is 11.8 Å². The van der Waals surface area contributed by atoms with Gasteiger partial charge in [0.25, 0.3) is 5.91 Å². The molecule has 23 heavy (non-hydrogen) atoms. The zero-order valence-electron chi connectivity index (χ0n) is 13.0. The van der Waals surface area contributed by atoms with Crippen LogP contribution in [0.25, 0.3) is 5.69 Å². The molecule has 0 atom stereocenters. The molecule has 1 aromatic carbocycles. The molecule has 2 saturated carbocycles. The maximum Gasteiger partial charge on any atom is 0.258 e. The van der Waals surface area contributed by atoms with Crippen LogP contribution in [-0.4, -0.2) is 28.3 Å². The fourth-order valence-electron chi connectivity index (χ4n) is 3.05. The molecule has 1 amide bonds. The van der Waals surface area contributed by atoms with Crippen molar-refractivity contribution in [2.75, 3.05) is 6.61 Å². The van der Waals surface area contributed by atoms with Crippen molar-refractivity contribution in [3.05, 3.63) is 42.7 Å². The van der Waals surface area contributed by atoms with E-state index >= 15 is 0 Å². The predicted molar refractivity (Wildman–Crippen MR) is 86.4 cm³/mol. The molecule has 5 nitrogen and oxygen atoms in total. The number of carbonyl (C=O) groups excluding carboxylic acids is 1. The SMILES string of the molecule is O=C(COc1cccc(-n2cccn2)c1)NC(C1CC1)C1CC1. The number of amides is 1. The molecule has 2 aliphatic carbocycles. The fraction of sp³-hybridized carbons (Fsp3) is 0.444. The number of hydrogen-bond acceptors (Lipinski definition) is 3. The lowest BCUT2D eigenvalue weighted by Gasteiger charge is -2.17. The fourth-order valence-corrected chi connectivity index (χ4v) is 3.05. The maximum absolute atomic E-state index is 12.2. The van der Waals surface area contributed by atoms with Crippen molar-refractivity contribution in [2.24, 2.45) is 11.8 Å². The van der Waals surface area contributed by atoms with Gasteiger partial charge in [-0.25, -0.2) is 4.68 Å². The molecule has 0 radical (unpaired) electrons. The highest BCUT2D eigenvalue weighted by Crippen LogP contribution is 2.44. The molecule has 2 aromatic rings. The highest BCUT2D eigenvalue weighted by molar-refractivity contribution is 5.78. The minimum atomic E-state index is -0.0155. The molecule has 2 fully saturated rings. The number of nitrogens with one attached hydrogen (secondary N) is 1. The first-order valence-corrected chi connectivity index (χ1v) is 8.32. The molecule has 1 N–H and O–H groups in total. The number of nitrogens with zero attached hydrogens (tertiary/aromatic N) is 2. The molecule has 0 aliphatic heterocycles. The normalized spacial score (nSPS) is 17.3. The number of benzene rings is 1. The summed E-state index contributed by atoms with van der Waals surface area (Å²) in [6, 6.07) is 9.86. The third-order valence-corrected chi connectivity index (χ3v) is 4.54. The van der Waals surface area contributed by atoms with Crippen molar-refractivity contribution in [1.29, 1.82) is 0 Å². The molecule has 0 bridgehead atoms. The van der Waals surface area contributed by atoms with Crippen LogP contribution in [0.2, 0.25) is 0 Å². The summed E-state index contributed by atoms with van der Waals surface area (Å²) in [5, 5.41) is 7.37. The van der Waals surface area contributed by atoms with E-state index in [0.717, 1.165) is 5.69 Å². The zero-order valence-corrected chi connectivity index (χ0v) is 13.0. The number of ether oxygens (including phenoxy) is 1. The van der Waals surface area contributed by atoms with E-state index in [1.54, 1.807) is 10.9 Å². The van der Waals surface area contributed by atoms with Gasteiger partial charge in [0, 0.05) is 24.5 Å². The van der Waals surface area contributed by atoms with E-state index in [2.05, 4.69) is 10.4 Å². The third-order valence-electron chi connectivity index (χ3n) is 4.54. The highest BCUT2D eigenvalue weighted by Gasteiger charge is 2.42. The summed E-state index contributed by atoms with van der Waals surface area (Å²) in [5.74, 6) is 2.07. The van der Waals surface area contributed by atoms with Crippen LogP contribution >= 0.6 is 0 Å². The summed E-state index contributed by atoms with van der Waals surface area (Å²) >= 11 is 0. The molecule has 4 rings (SSSR count). The molecule has 0 saturated heterocycles. The second kappa shape index (κ2) is 6.07. The predicted octanol–water partition coefficient (Wildman–Crippen LogP) is 2.56. The molecular formula is C18H21N3O2. The standard InChI is InChI=1S/C18H21N3O2/c22-17(20-18(13-5-6-13)14-7-8-14)12-23-16-4-1-3-15(11-16)21-10-2-9-19-21/h1-4,9-11,13-14,18H,5-8,12H2,(H,20,22). The minimum absolute atomic E-state index is 0.0155. The van der Waals surface area contributed by atoms with Crippen LogP contribution in [0.5, 0.6) is 5.75 Å². The molecule has 0 spiro atoms. The van der Waals surface area contributed by atoms with Crippen molar-refractivity contribution in [1.82, 2.24) is 15.1 Å². The lowest BCUT2D eigenvalue weighted by atomic mass is 10.1. The van der Waals surface area contributed by atoms with Crippen LogP contribution in [-0.2, 0) is 4.79 Å². The average Bonchev–Trinajstić information content (AvgIpc) is 3.50. The Morgan fingerprint density at radius 3 is 2.70 bits per heavy atom. The smallest absolute Gasteiger partial charge is 0.258 e. The summed E-state index contributed by atoms with van der Waals surface area (Å²) in [5.41, 5.74) is 0.918. The zero-order chi connectivity index (χ0) is 15.6. The third kappa shape index (κ3) is 3.55. The minimum Gasteiger partial charge on any atom is -0.484 e. The van der Waals surface area contributed by atoms with Gasteiger partial charge in [-0.3, -0.25) is 4.79 Å². The number of carbonyl (C=O) groups is 1. The molecule has 120 valence electrons. The van der Waals surface area contributed by atoms with E-state index in [1.807, 2.05) is 36.5 Å². The van der Waals surface area contributed by atoms with Gasteiger partial charge in [0.1, 0.15) is 5.75 Å². The monoisotopic (exact) mass is 311 g/mol. The van der Waals surface area contributed by atoms with E-state index in [0.29, 0.717) is 23.6 Å². The van der Waals surface area contributed by atoms with Crippen LogP contribution in [0.4, 0.5) is 0 Å². The molecule has 1 aromatic heterocycles. The van der Waals surface area contributed by atoms with Crippen molar-refractivity contribution in [3.63, 3.8) is 0 Å². The molecule has 1 heterocycles. The quantitative estimate of drug-likeness (QED) is 0.855. The van der Waals surface area contributed by atoms with Crippen molar-refractivity contribution in [3.8, 4) is 11.4 Å². The van der Waals surface area contributed by atoms with E-state index < -0.39 is 0 Å². The van der Waals surface area contributed by atoms with Gasteiger partial charge >= 0.3 is 0 Å². The van der Waals surface area contributed by atoms with Crippen LogP contribution < -0.4 is 10.1 Å². The first kappa shape index (κ1) is 14.3. The van der Waals surface area contributed by atoms with E-state index in [1.165, 1.54) is 25.7 Å². The van der Waals surface area contributed by atoms with Gasteiger partial charge in [0.05, 0.1) is 5.69 Å². The number of aromatic nitrogens is 2. The molecule has 2 aliphatic rings. The first-order valence-electron chi connectivity index (χ1n) is 8.32. The molecule has 5 heteroatoms. The van der Waals surface area contributed by atoms with Crippen LogP contribution in [0.3, 0.4) is 0 Å². The van der Waals surface area contributed by atoms with Gasteiger partial charge in [-0.05, 0) is 55.7 Å². The van der Waals surface area contributed by atoms with Crippen molar-refractivity contribution >= 4 is 5.91 Å². The van der Waals surface area contributed by atoms with Gasteiger partial charge in [-0.15, -0.1) is 0 Å². The van der Waals surface area contributed by atoms with Gasteiger partial charge < -0.3 is 10.1 Å². The average molecular weight is 311 g/mol. The Hall–Kier alpha value is -2.30. The Morgan fingerprint density at radius 1 is 1.26 bits per heavy atom. The number of hydrogen-bond donors (Lipinski definition) is 1. The molecule has 0 unspecified atom stereocenters. The van der Waals surface area contributed by atoms with Gasteiger partial charge in [-0.1, -0.05) is 6.07 Å². The summed E-state index contributed by atoms with van der Waals surface area (Å²) in [6.07, 6.45) is 8.64.